The average molecular weight is 439 g/mol. The van der Waals surface area contributed by atoms with Gasteiger partial charge in [0.05, 0.1) is 11.0 Å². The number of benzene rings is 2. The van der Waals surface area contributed by atoms with E-state index in [1.165, 1.54) is 12.1 Å². The number of ether oxygens (including phenoxy) is 1. The van der Waals surface area contributed by atoms with E-state index >= 15 is 0 Å². The third-order valence-electron chi connectivity index (χ3n) is 4.02. The molecule has 0 aromatic heterocycles. The van der Waals surface area contributed by atoms with Gasteiger partial charge in [0.15, 0.2) is 0 Å². The van der Waals surface area contributed by atoms with Gasteiger partial charge in [-0.3, -0.25) is 9.52 Å². The molecular weight excluding hydrogens is 420 g/mol. The summed E-state index contributed by atoms with van der Waals surface area (Å²) >= 11 is 3.30. The summed E-state index contributed by atoms with van der Waals surface area (Å²) in [4.78, 5) is 12.3. The molecule has 1 atom stereocenters. The monoisotopic (exact) mass is 438 g/mol. The molecule has 1 aliphatic rings. The van der Waals surface area contributed by atoms with Crippen molar-refractivity contribution < 1.29 is 17.9 Å². The molecule has 2 aromatic carbocycles. The molecular formula is C18H19BrN2O4S. The van der Waals surface area contributed by atoms with Crippen LogP contribution in [0, 0.1) is 0 Å². The summed E-state index contributed by atoms with van der Waals surface area (Å²) in [5.74, 6) is -0.318. The molecule has 1 fully saturated rings. The fourth-order valence-corrected chi connectivity index (χ4v) is 4.02. The second-order valence-electron chi connectivity index (χ2n) is 5.99. The molecule has 1 amide bonds. The second kappa shape index (κ2) is 8.20. The first kappa shape index (κ1) is 18.9. The minimum Gasteiger partial charge on any atom is -0.376 e. The molecule has 1 saturated heterocycles. The molecule has 0 bridgehead atoms. The molecule has 26 heavy (non-hydrogen) atoms. The van der Waals surface area contributed by atoms with Crippen LogP contribution in [0.15, 0.2) is 57.9 Å². The molecule has 3 rings (SSSR count). The largest absolute Gasteiger partial charge is 0.376 e. The van der Waals surface area contributed by atoms with E-state index in [1.54, 1.807) is 36.4 Å². The van der Waals surface area contributed by atoms with Gasteiger partial charge in [-0.05, 0) is 55.3 Å². The maximum absolute atomic E-state index is 12.6. The quantitative estimate of drug-likeness (QED) is 0.725. The first-order valence-corrected chi connectivity index (χ1v) is 10.5. The lowest BCUT2D eigenvalue weighted by Gasteiger charge is -2.12. The van der Waals surface area contributed by atoms with Gasteiger partial charge in [-0.1, -0.05) is 22.0 Å². The summed E-state index contributed by atoms with van der Waals surface area (Å²) in [5.41, 5.74) is 0.739. The van der Waals surface area contributed by atoms with Gasteiger partial charge in [-0.2, -0.15) is 0 Å². The number of carbonyl (C=O) groups excluding carboxylic acids is 1. The van der Waals surface area contributed by atoms with Crippen molar-refractivity contribution in [2.24, 2.45) is 0 Å². The van der Waals surface area contributed by atoms with E-state index in [-0.39, 0.29) is 16.9 Å². The van der Waals surface area contributed by atoms with E-state index in [9.17, 15) is 13.2 Å². The second-order valence-corrected chi connectivity index (χ2v) is 8.58. The van der Waals surface area contributed by atoms with E-state index in [4.69, 9.17) is 4.74 Å². The Morgan fingerprint density at radius 2 is 1.96 bits per heavy atom. The predicted molar refractivity (Wildman–Crippen MR) is 103 cm³/mol. The van der Waals surface area contributed by atoms with Crippen molar-refractivity contribution in [1.82, 2.24) is 5.32 Å². The van der Waals surface area contributed by atoms with E-state index < -0.39 is 10.0 Å². The molecule has 1 aliphatic heterocycles. The summed E-state index contributed by atoms with van der Waals surface area (Å²) in [6, 6.07) is 12.8. The van der Waals surface area contributed by atoms with Crippen LogP contribution >= 0.6 is 15.9 Å². The first-order valence-electron chi connectivity index (χ1n) is 8.22. The highest BCUT2D eigenvalue weighted by atomic mass is 79.9. The van der Waals surface area contributed by atoms with Crippen molar-refractivity contribution in [3.8, 4) is 0 Å². The van der Waals surface area contributed by atoms with Crippen LogP contribution in [-0.2, 0) is 14.8 Å². The standard InChI is InChI=1S/C18H19BrN2O4S/c19-14-6-8-15(9-7-14)21-26(23,24)17-5-1-3-13(11-17)18(22)20-12-16-4-2-10-25-16/h1,3,5-9,11,16,21H,2,4,10,12H2,(H,20,22). The molecule has 8 heteroatoms. The summed E-state index contributed by atoms with van der Waals surface area (Å²) in [6.45, 7) is 1.14. The maximum Gasteiger partial charge on any atom is 0.261 e. The Hall–Kier alpha value is -1.90. The van der Waals surface area contributed by atoms with Crippen LogP contribution in [0.5, 0.6) is 0 Å². The van der Waals surface area contributed by atoms with Gasteiger partial charge in [0, 0.05) is 28.9 Å². The molecule has 2 aromatic rings. The molecule has 1 heterocycles. The van der Waals surface area contributed by atoms with Crippen LogP contribution in [0.25, 0.3) is 0 Å². The highest BCUT2D eigenvalue weighted by Crippen LogP contribution is 2.19. The van der Waals surface area contributed by atoms with Gasteiger partial charge in [0.25, 0.3) is 15.9 Å². The van der Waals surface area contributed by atoms with Gasteiger partial charge in [-0.15, -0.1) is 0 Å². The van der Waals surface area contributed by atoms with Gasteiger partial charge < -0.3 is 10.1 Å². The van der Waals surface area contributed by atoms with Gasteiger partial charge in [0.1, 0.15) is 0 Å². The van der Waals surface area contributed by atoms with Crippen molar-refractivity contribution in [1.29, 1.82) is 0 Å². The Morgan fingerprint density at radius 1 is 1.19 bits per heavy atom. The molecule has 138 valence electrons. The van der Waals surface area contributed by atoms with Crippen LogP contribution in [0.2, 0.25) is 0 Å². The highest BCUT2D eigenvalue weighted by molar-refractivity contribution is 9.10. The molecule has 0 radical (unpaired) electrons. The maximum atomic E-state index is 12.6. The Labute approximate surface area is 161 Å². The number of hydrogen-bond donors (Lipinski definition) is 2. The molecule has 6 nitrogen and oxygen atoms in total. The fraction of sp³-hybridized carbons (Fsp3) is 0.278. The lowest BCUT2D eigenvalue weighted by molar-refractivity contribution is 0.0857. The van der Waals surface area contributed by atoms with Crippen molar-refractivity contribution in [2.75, 3.05) is 17.9 Å². The molecule has 0 spiro atoms. The molecule has 1 unspecified atom stereocenters. The Kier molecular flexibility index (Phi) is 5.95. The zero-order valence-corrected chi connectivity index (χ0v) is 16.3. The van der Waals surface area contributed by atoms with Gasteiger partial charge in [-0.25, -0.2) is 8.42 Å². The van der Waals surface area contributed by atoms with Crippen LogP contribution < -0.4 is 10.0 Å². The summed E-state index contributed by atoms with van der Waals surface area (Å²) in [6.07, 6.45) is 1.95. The van der Waals surface area contributed by atoms with Crippen LogP contribution in [-0.4, -0.2) is 33.6 Å². The number of halogens is 1. The first-order chi connectivity index (χ1) is 12.4. The minimum absolute atomic E-state index is 0.0323. The Morgan fingerprint density at radius 3 is 2.65 bits per heavy atom. The average Bonchev–Trinajstić information content (AvgIpc) is 3.15. The van der Waals surface area contributed by atoms with Crippen molar-refractivity contribution >= 4 is 37.5 Å². The van der Waals surface area contributed by atoms with E-state index in [0.29, 0.717) is 17.8 Å². The number of amides is 1. The third kappa shape index (κ3) is 4.84. The summed E-state index contributed by atoms with van der Waals surface area (Å²) in [7, 11) is -3.78. The minimum atomic E-state index is -3.78. The summed E-state index contributed by atoms with van der Waals surface area (Å²) < 4.78 is 33.9. The predicted octanol–water partition coefficient (Wildman–Crippen LogP) is 3.16. The Bertz CT molecular complexity index is 878. The topological polar surface area (TPSA) is 84.5 Å². The van der Waals surface area contributed by atoms with E-state index in [2.05, 4.69) is 26.0 Å². The highest BCUT2D eigenvalue weighted by Gasteiger charge is 2.19. The number of sulfonamides is 1. The fourth-order valence-electron chi connectivity index (χ4n) is 2.65. The van der Waals surface area contributed by atoms with Crippen LogP contribution in [0.1, 0.15) is 23.2 Å². The Balaban J connectivity index is 1.70. The smallest absolute Gasteiger partial charge is 0.261 e. The van der Waals surface area contributed by atoms with Crippen LogP contribution in [0.4, 0.5) is 5.69 Å². The molecule has 2 N–H and O–H groups in total. The van der Waals surface area contributed by atoms with Gasteiger partial charge >= 0.3 is 0 Å². The third-order valence-corrected chi connectivity index (χ3v) is 5.92. The number of rotatable bonds is 6. The lowest BCUT2D eigenvalue weighted by Crippen LogP contribution is -2.31. The number of anilines is 1. The lowest BCUT2D eigenvalue weighted by atomic mass is 10.2. The van der Waals surface area contributed by atoms with Crippen molar-refractivity contribution in [3.63, 3.8) is 0 Å². The number of carbonyl (C=O) groups is 1. The van der Waals surface area contributed by atoms with E-state index in [0.717, 1.165) is 23.9 Å². The van der Waals surface area contributed by atoms with Crippen molar-refractivity contribution in [3.05, 3.63) is 58.6 Å². The molecule has 0 saturated carbocycles. The number of hydrogen-bond acceptors (Lipinski definition) is 4. The van der Waals surface area contributed by atoms with Crippen molar-refractivity contribution in [2.45, 2.75) is 23.8 Å². The zero-order chi connectivity index (χ0) is 18.6. The van der Waals surface area contributed by atoms with Crippen LogP contribution in [0.3, 0.4) is 0 Å². The van der Waals surface area contributed by atoms with Gasteiger partial charge in [0.2, 0.25) is 0 Å². The molecule has 0 aliphatic carbocycles. The zero-order valence-electron chi connectivity index (χ0n) is 13.9. The SMILES string of the molecule is O=C(NCC1CCCO1)c1cccc(S(=O)(=O)Nc2ccc(Br)cc2)c1. The van der Waals surface area contributed by atoms with E-state index in [1.807, 2.05) is 0 Å². The summed E-state index contributed by atoms with van der Waals surface area (Å²) in [5, 5.41) is 2.79. The number of nitrogens with one attached hydrogen (secondary N) is 2. The normalized spacial score (nSPS) is 17.0.